The first kappa shape index (κ1) is 23.5. The number of carbonyl (C=O) groups excluding carboxylic acids is 2. The number of nitrogen functional groups attached to an aromatic ring is 1. The Bertz CT molecular complexity index is 1210. The molecule has 14 nitrogen and oxygen atoms in total. The normalized spacial score (nSPS) is 20.0. The number of nitrogens with two attached hydrogens (primary N) is 1. The number of carbonyl (C=O) groups is 3. The van der Waals surface area contributed by atoms with E-state index in [2.05, 4.69) is 31.0 Å². The number of nitrogens with one attached hydrogen (secondary N) is 1. The van der Waals surface area contributed by atoms with Crippen molar-refractivity contribution in [3.05, 3.63) is 35.2 Å². The van der Waals surface area contributed by atoms with E-state index in [9.17, 15) is 19.5 Å². The molecule has 2 aromatic heterocycles. The summed E-state index contributed by atoms with van der Waals surface area (Å²) in [5.41, 5.74) is 6.43. The molecular formula is C18H19N9O5S2. The number of fused-ring (bicyclic) bond motifs is 1. The number of oxime groups is 1. The third-order valence-corrected chi connectivity index (χ3v) is 7.38. The molecule has 2 aliphatic rings. The second kappa shape index (κ2) is 9.68. The summed E-state index contributed by atoms with van der Waals surface area (Å²) in [5, 5.41) is 27.3. The molecule has 2 aliphatic heterocycles. The van der Waals surface area contributed by atoms with Gasteiger partial charge in [-0.3, -0.25) is 14.5 Å². The smallest absolute Gasteiger partial charge is 0.352 e. The molecule has 2 aromatic rings. The van der Waals surface area contributed by atoms with Crippen molar-refractivity contribution in [1.29, 1.82) is 0 Å². The Kier molecular flexibility index (Phi) is 6.69. The number of hydrogen-bond donors (Lipinski definition) is 3. The summed E-state index contributed by atoms with van der Waals surface area (Å²) in [6.07, 6.45) is 1.41. The summed E-state index contributed by atoms with van der Waals surface area (Å²) in [4.78, 5) is 47.7. The number of pyridine rings is 1. The zero-order valence-corrected chi connectivity index (χ0v) is 19.5. The number of carboxylic acids is 1. The molecule has 16 heteroatoms. The zero-order chi connectivity index (χ0) is 24.4. The van der Waals surface area contributed by atoms with Crippen molar-refractivity contribution >= 4 is 52.8 Å². The van der Waals surface area contributed by atoms with E-state index in [1.165, 1.54) is 58.5 Å². The maximum atomic E-state index is 12.9. The maximum Gasteiger partial charge on any atom is 0.352 e. The van der Waals surface area contributed by atoms with E-state index in [1.807, 2.05) is 0 Å². The van der Waals surface area contributed by atoms with Gasteiger partial charge in [0.2, 0.25) is 5.16 Å². The van der Waals surface area contributed by atoms with Gasteiger partial charge in [-0.2, -0.15) is 0 Å². The molecule has 2 amide bonds. The number of aliphatic carboxylic acids is 1. The van der Waals surface area contributed by atoms with Crippen LogP contribution in [0.4, 0.5) is 5.82 Å². The molecule has 0 spiro atoms. The topological polar surface area (TPSA) is 191 Å². The number of aryl methyl sites for hydroxylation is 1. The van der Waals surface area contributed by atoms with Crippen molar-refractivity contribution < 1.29 is 24.3 Å². The average Bonchev–Trinajstić information content (AvgIpc) is 3.23. The lowest BCUT2D eigenvalue weighted by molar-refractivity contribution is -0.150. The molecule has 0 saturated carbocycles. The molecule has 0 aromatic carbocycles. The molecule has 1 fully saturated rings. The van der Waals surface area contributed by atoms with Crippen molar-refractivity contribution in [2.24, 2.45) is 12.2 Å². The van der Waals surface area contributed by atoms with Crippen LogP contribution in [0, 0.1) is 0 Å². The van der Waals surface area contributed by atoms with Gasteiger partial charge < -0.3 is 21.0 Å². The zero-order valence-electron chi connectivity index (χ0n) is 17.9. The van der Waals surface area contributed by atoms with Crippen molar-refractivity contribution in [3.8, 4) is 0 Å². The van der Waals surface area contributed by atoms with Crippen LogP contribution >= 0.6 is 23.5 Å². The number of amides is 2. The van der Waals surface area contributed by atoms with E-state index >= 15 is 0 Å². The number of nitrogens with zero attached hydrogens (tertiary/aromatic N) is 7. The van der Waals surface area contributed by atoms with Crippen LogP contribution in [0.25, 0.3) is 0 Å². The predicted octanol–water partition coefficient (Wildman–Crippen LogP) is -0.931. The van der Waals surface area contributed by atoms with Crippen molar-refractivity contribution in [1.82, 2.24) is 35.4 Å². The number of anilines is 1. The fourth-order valence-electron chi connectivity index (χ4n) is 3.41. The van der Waals surface area contributed by atoms with Crippen LogP contribution in [-0.2, 0) is 26.3 Å². The van der Waals surface area contributed by atoms with Crippen molar-refractivity contribution in [3.63, 3.8) is 0 Å². The highest BCUT2D eigenvalue weighted by Crippen LogP contribution is 2.41. The Labute approximate surface area is 201 Å². The molecule has 4 N–H and O–H groups in total. The molecule has 2 atom stereocenters. The van der Waals surface area contributed by atoms with Crippen molar-refractivity contribution in [2.75, 3.05) is 24.3 Å². The first-order chi connectivity index (χ1) is 16.3. The molecule has 34 heavy (non-hydrogen) atoms. The lowest BCUT2D eigenvalue weighted by Crippen LogP contribution is -2.71. The van der Waals surface area contributed by atoms with Gasteiger partial charge in [-0.05, 0) is 28.1 Å². The molecular weight excluding hydrogens is 486 g/mol. The van der Waals surface area contributed by atoms with E-state index < -0.39 is 29.2 Å². The summed E-state index contributed by atoms with van der Waals surface area (Å²) < 4.78 is 1.47. The summed E-state index contributed by atoms with van der Waals surface area (Å²) in [5.74, 6) is -1.57. The summed E-state index contributed by atoms with van der Waals surface area (Å²) >= 11 is 2.63. The number of tetrazole rings is 1. The monoisotopic (exact) mass is 505 g/mol. The Balaban J connectivity index is 1.50. The number of thioether (sulfide) groups is 2. The fourth-order valence-corrected chi connectivity index (χ4v) is 5.75. The van der Waals surface area contributed by atoms with Gasteiger partial charge in [-0.1, -0.05) is 16.9 Å². The number of carboxylic acid groups (broad SMARTS) is 1. The lowest BCUT2D eigenvalue weighted by atomic mass is 10.0. The first-order valence-corrected chi connectivity index (χ1v) is 11.7. The van der Waals surface area contributed by atoms with Crippen LogP contribution in [0.1, 0.15) is 5.56 Å². The molecule has 0 aliphatic carbocycles. The van der Waals surface area contributed by atoms with E-state index in [0.29, 0.717) is 27.8 Å². The van der Waals surface area contributed by atoms with Crippen LogP contribution in [-0.4, -0.2) is 88.7 Å². The van der Waals surface area contributed by atoms with Crippen LogP contribution in [0.2, 0.25) is 0 Å². The number of hydrogen-bond acceptors (Lipinski definition) is 12. The first-order valence-electron chi connectivity index (χ1n) is 9.71. The molecule has 0 radical (unpaired) electrons. The number of rotatable bonds is 8. The molecule has 1 unspecified atom stereocenters. The molecule has 178 valence electrons. The second-order valence-electron chi connectivity index (χ2n) is 7.08. The highest BCUT2D eigenvalue weighted by atomic mass is 32.2. The Morgan fingerprint density at radius 2 is 2.26 bits per heavy atom. The predicted molar refractivity (Wildman–Crippen MR) is 121 cm³/mol. The Hall–Kier alpha value is -3.66. The number of β-lactam (4-membered cyclic amide) rings is 1. The molecule has 4 heterocycles. The third kappa shape index (κ3) is 4.41. The van der Waals surface area contributed by atoms with E-state index in [-0.39, 0.29) is 17.2 Å². The lowest BCUT2D eigenvalue weighted by Gasteiger charge is -2.49. The van der Waals surface area contributed by atoms with Gasteiger partial charge in [0.1, 0.15) is 30.0 Å². The van der Waals surface area contributed by atoms with Gasteiger partial charge in [0.05, 0.1) is 0 Å². The van der Waals surface area contributed by atoms with Crippen LogP contribution in [0.5, 0.6) is 0 Å². The minimum atomic E-state index is -1.22. The highest BCUT2D eigenvalue weighted by Gasteiger charge is 2.54. The van der Waals surface area contributed by atoms with Gasteiger partial charge in [0.25, 0.3) is 11.8 Å². The quantitative estimate of drug-likeness (QED) is 0.173. The average molecular weight is 506 g/mol. The summed E-state index contributed by atoms with van der Waals surface area (Å²) in [7, 11) is 2.96. The SMILES string of the molecule is CON=C(C(=O)NC1C(=O)N2C(C(=O)O)=C(CSc3nnnn3C)CS[C@@H]12)c1ccnc(N)c1. The Morgan fingerprint density at radius 1 is 1.47 bits per heavy atom. The van der Waals surface area contributed by atoms with E-state index in [1.54, 1.807) is 7.05 Å². The van der Waals surface area contributed by atoms with E-state index in [4.69, 9.17) is 10.6 Å². The standard InChI is InChI=1S/C18H19N9O5S2/c1-26-18(22-24-25-26)34-7-9-6-33-16-12(15(29)27(16)13(9)17(30)31)21-14(28)11(23-32-2)8-3-4-20-10(19)5-8/h3-5,12,16H,6-7H2,1-2H3,(H2,19,20)(H,21,28)(H,30,31)/t12?,16-/m0/s1. The van der Waals surface area contributed by atoms with Gasteiger partial charge in [0.15, 0.2) is 5.71 Å². The minimum Gasteiger partial charge on any atom is -0.477 e. The van der Waals surface area contributed by atoms with Crippen LogP contribution in [0.15, 0.2) is 39.9 Å². The van der Waals surface area contributed by atoms with Gasteiger partial charge in [-0.15, -0.1) is 16.9 Å². The number of aromatic nitrogens is 5. The fraction of sp³-hybridized carbons (Fsp3) is 0.333. The molecule has 0 bridgehead atoms. The Morgan fingerprint density at radius 3 is 2.91 bits per heavy atom. The van der Waals surface area contributed by atoms with Gasteiger partial charge >= 0.3 is 5.97 Å². The highest BCUT2D eigenvalue weighted by molar-refractivity contribution is 8.01. The summed E-state index contributed by atoms with van der Waals surface area (Å²) in [6.45, 7) is 0. The maximum absolute atomic E-state index is 12.9. The second-order valence-corrected chi connectivity index (χ2v) is 9.13. The van der Waals surface area contributed by atoms with Crippen molar-refractivity contribution in [2.45, 2.75) is 16.6 Å². The van der Waals surface area contributed by atoms with Crippen LogP contribution < -0.4 is 11.1 Å². The molecule has 4 rings (SSSR count). The van der Waals surface area contributed by atoms with Gasteiger partial charge in [0, 0.05) is 30.3 Å². The minimum absolute atomic E-state index is 0.0884. The summed E-state index contributed by atoms with van der Waals surface area (Å²) in [6, 6.07) is 2.05. The third-order valence-electron chi connectivity index (χ3n) is 4.95. The largest absolute Gasteiger partial charge is 0.477 e. The van der Waals surface area contributed by atoms with E-state index in [0.717, 1.165) is 0 Å². The van der Waals surface area contributed by atoms with Crippen LogP contribution in [0.3, 0.4) is 0 Å². The molecule has 1 saturated heterocycles. The van der Waals surface area contributed by atoms with Gasteiger partial charge in [-0.25, -0.2) is 14.5 Å².